The fourth-order valence-electron chi connectivity index (χ4n) is 0.308. The normalized spacial score (nSPS) is 10.0. The Morgan fingerprint density at radius 1 is 1.67 bits per heavy atom. The largest absolute Gasteiger partial charge is 0.462 e. The molecule has 0 saturated heterocycles. The molecule has 0 aromatic rings. The van der Waals surface area contributed by atoms with Gasteiger partial charge < -0.3 is 9.84 Å². The minimum absolute atomic E-state index is 0.0126. The maximum absolute atomic E-state index is 10.1. The number of carbonyl (C=O) groups excluding carboxylic acids is 1. The number of aliphatic hydroxyl groups excluding tert-OH is 1. The Hall–Kier alpha value is -0.830. The predicted molar refractivity (Wildman–Crippen MR) is 32.9 cm³/mol. The lowest BCUT2D eigenvalue weighted by Gasteiger charge is -1.92. The molecule has 0 aliphatic rings. The second kappa shape index (κ2) is 5.31. The van der Waals surface area contributed by atoms with Crippen LogP contribution in [-0.4, -0.2) is 24.3 Å². The quantitative estimate of drug-likeness (QED) is 0.435. The summed E-state index contributed by atoms with van der Waals surface area (Å²) in [5.74, 6) is -0.308. The SMILES string of the molecule is CC(=O)OC/C=C\CO. The Balaban J connectivity index is 3.09. The third-order valence-electron chi connectivity index (χ3n) is 0.655. The molecule has 0 fully saturated rings. The van der Waals surface area contributed by atoms with Gasteiger partial charge in [0.1, 0.15) is 6.61 Å². The Kier molecular flexibility index (Phi) is 4.82. The van der Waals surface area contributed by atoms with Gasteiger partial charge in [0.15, 0.2) is 0 Å². The molecule has 9 heavy (non-hydrogen) atoms. The van der Waals surface area contributed by atoms with Crippen LogP contribution in [0.15, 0.2) is 12.2 Å². The van der Waals surface area contributed by atoms with Crippen molar-refractivity contribution in [3.05, 3.63) is 12.2 Å². The molecule has 1 N–H and O–H groups in total. The monoisotopic (exact) mass is 130 g/mol. The van der Waals surface area contributed by atoms with Crippen LogP contribution >= 0.6 is 0 Å². The van der Waals surface area contributed by atoms with Crippen molar-refractivity contribution >= 4 is 5.97 Å². The first kappa shape index (κ1) is 8.17. The van der Waals surface area contributed by atoms with E-state index in [2.05, 4.69) is 4.74 Å². The number of rotatable bonds is 3. The van der Waals surface area contributed by atoms with Gasteiger partial charge in [-0.15, -0.1) is 0 Å². The van der Waals surface area contributed by atoms with Crippen LogP contribution < -0.4 is 0 Å². The molecular weight excluding hydrogens is 120 g/mol. The third kappa shape index (κ3) is 7.17. The van der Waals surface area contributed by atoms with E-state index in [0.717, 1.165) is 0 Å². The molecule has 0 unspecified atom stereocenters. The molecule has 0 radical (unpaired) electrons. The minimum atomic E-state index is -0.308. The Labute approximate surface area is 53.9 Å². The van der Waals surface area contributed by atoms with Crippen molar-refractivity contribution < 1.29 is 14.6 Å². The highest BCUT2D eigenvalue weighted by atomic mass is 16.5. The zero-order valence-corrected chi connectivity index (χ0v) is 5.33. The van der Waals surface area contributed by atoms with Gasteiger partial charge in [-0.25, -0.2) is 0 Å². The first-order valence-corrected chi connectivity index (χ1v) is 2.66. The number of hydrogen-bond donors (Lipinski definition) is 1. The van der Waals surface area contributed by atoms with Gasteiger partial charge in [-0.2, -0.15) is 0 Å². The first-order valence-electron chi connectivity index (χ1n) is 2.66. The van der Waals surface area contributed by atoms with Crippen LogP contribution in [0.4, 0.5) is 0 Å². The molecule has 3 heteroatoms. The van der Waals surface area contributed by atoms with Crippen molar-refractivity contribution in [1.82, 2.24) is 0 Å². The second-order valence-corrected chi connectivity index (χ2v) is 1.46. The first-order chi connectivity index (χ1) is 4.27. The highest BCUT2D eigenvalue weighted by Gasteiger charge is 1.84. The Bertz CT molecular complexity index is 107. The fourth-order valence-corrected chi connectivity index (χ4v) is 0.308. The number of ether oxygens (including phenoxy) is 1. The van der Waals surface area contributed by atoms with Gasteiger partial charge >= 0.3 is 5.97 Å². The van der Waals surface area contributed by atoms with E-state index in [9.17, 15) is 4.79 Å². The van der Waals surface area contributed by atoms with Crippen molar-refractivity contribution in [1.29, 1.82) is 0 Å². The summed E-state index contributed by atoms with van der Waals surface area (Å²) in [6.45, 7) is 1.57. The van der Waals surface area contributed by atoms with E-state index in [1.165, 1.54) is 13.0 Å². The summed E-state index contributed by atoms with van der Waals surface area (Å²) < 4.78 is 4.51. The maximum Gasteiger partial charge on any atom is 0.302 e. The summed E-state index contributed by atoms with van der Waals surface area (Å²) in [5, 5.41) is 8.20. The van der Waals surface area contributed by atoms with E-state index in [4.69, 9.17) is 5.11 Å². The molecule has 0 rings (SSSR count). The molecule has 0 aliphatic carbocycles. The third-order valence-corrected chi connectivity index (χ3v) is 0.655. The minimum Gasteiger partial charge on any atom is -0.462 e. The van der Waals surface area contributed by atoms with Crippen LogP contribution in [0.5, 0.6) is 0 Å². The van der Waals surface area contributed by atoms with Crippen LogP contribution in [0.2, 0.25) is 0 Å². The average Bonchev–Trinajstić information content (AvgIpc) is 1.80. The van der Waals surface area contributed by atoms with Gasteiger partial charge in [0.25, 0.3) is 0 Å². The Morgan fingerprint density at radius 3 is 2.78 bits per heavy atom. The number of aliphatic hydroxyl groups is 1. The molecule has 0 atom stereocenters. The fraction of sp³-hybridized carbons (Fsp3) is 0.500. The van der Waals surface area contributed by atoms with E-state index >= 15 is 0 Å². The van der Waals surface area contributed by atoms with E-state index in [0.29, 0.717) is 0 Å². The summed E-state index contributed by atoms with van der Waals surface area (Å²) in [6.07, 6.45) is 3.10. The Morgan fingerprint density at radius 2 is 2.33 bits per heavy atom. The summed E-state index contributed by atoms with van der Waals surface area (Å²) in [7, 11) is 0. The van der Waals surface area contributed by atoms with E-state index in [1.807, 2.05) is 0 Å². The predicted octanol–water partition coefficient (Wildman–Crippen LogP) is 0.0980. The number of carbonyl (C=O) groups is 1. The summed E-state index contributed by atoms with van der Waals surface area (Å²) in [5.41, 5.74) is 0. The van der Waals surface area contributed by atoms with E-state index in [-0.39, 0.29) is 19.2 Å². The molecule has 0 spiro atoms. The van der Waals surface area contributed by atoms with Crippen molar-refractivity contribution in [2.45, 2.75) is 6.92 Å². The summed E-state index contributed by atoms with van der Waals surface area (Å²) >= 11 is 0. The zero-order chi connectivity index (χ0) is 7.11. The van der Waals surface area contributed by atoms with Crippen LogP contribution in [0.25, 0.3) is 0 Å². The molecule has 0 heterocycles. The van der Waals surface area contributed by atoms with Gasteiger partial charge in [-0.3, -0.25) is 4.79 Å². The van der Waals surface area contributed by atoms with Crippen LogP contribution in [0, 0.1) is 0 Å². The lowest BCUT2D eigenvalue weighted by molar-refractivity contribution is -0.139. The van der Waals surface area contributed by atoms with Crippen molar-refractivity contribution in [3.63, 3.8) is 0 Å². The molecule has 0 amide bonds. The molecular formula is C6H10O3. The van der Waals surface area contributed by atoms with Gasteiger partial charge in [-0.05, 0) is 6.08 Å². The van der Waals surface area contributed by atoms with Crippen LogP contribution in [0.1, 0.15) is 6.92 Å². The highest BCUT2D eigenvalue weighted by Crippen LogP contribution is 1.77. The van der Waals surface area contributed by atoms with Crippen LogP contribution in [0.3, 0.4) is 0 Å². The molecule has 3 nitrogen and oxygen atoms in total. The van der Waals surface area contributed by atoms with Gasteiger partial charge in [-0.1, -0.05) is 6.08 Å². The number of esters is 1. The van der Waals surface area contributed by atoms with Gasteiger partial charge in [0, 0.05) is 6.92 Å². The lowest BCUT2D eigenvalue weighted by atomic mass is 10.5. The topological polar surface area (TPSA) is 46.5 Å². The van der Waals surface area contributed by atoms with Crippen molar-refractivity contribution in [2.24, 2.45) is 0 Å². The van der Waals surface area contributed by atoms with Crippen molar-refractivity contribution in [2.75, 3.05) is 13.2 Å². The summed E-state index contributed by atoms with van der Waals surface area (Å²) in [6, 6.07) is 0. The molecule has 0 aliphatic heterocycles. The highest BCUT2D eigenvalue weighted by molar-refractivity contribution is 5.65. The molecule has 0 bridgehead atoms. The van der Waals surface area contributed by atoms with E-state index in [1.54, 1.807) is 6.08 Å². The molecule has 0 saturated carbocycles. The molecule has 0 aromatic heterocycles. The van der Waals surface area contributed by atoms with Gasteiger partial charge in [0.05, 0.1) is 6.61 Å². The molecule has 0 aromatic carbocycles. The smallest absolute Gasteiger partial charge is 0.302 e. The zero-order valence-electron chi connectivity index (χ0n) is 5.33. The van der Waals surface area contributed by atoms with E-state index < -0.39 is 0 Å². The number of hydrogen-bond acceptors (Lipinski definition) is 3. The van der Waals surface area contributed by atoms with Crippen LogP contribution in [-0.2, 0) is 9.53 Å². The van der Waals surface area contributed by atoms with Crippen molar-refractivity contribution in [3.8, 4) is 0 Å². The summed E-state index contributed by atoms with van der Waals surface area (Å²) in [4.78, 5) is 10.1. The maximum atomic E-state index is 10.1. The van der Waals surface area contributed by atoms with Gasteiger partial charge in [0.2, 0.25) is 0 Å². The standard InChI is InChI=1S/C6H10O3/c1-6(8)9-5-3-2-4-7/h2-3,7H,4-5H2,1H3/b3-2-. The lowest BCUT2D eigenvalue weighted by Crippen LogP contribution is -1.97. The average molecular weight is 130 g/mol. The molecule has 52 valence electrons. The second-order valence-electron chi connectivity index (χ2n) is 1.46.